The molecule has 2 aromatic heterocycles. The molecule has 2 atom stereocenters. The zero-order valence-corrected chi connectivity index (χ0v) is 14.9. The monoisotopic (exact) mass is 377 g/mol. The van der Waals surface area contributed by atoms with Crippen molar-refractivity contribution >= 4 is 23.2 Å². The average molecular weight is 377 g/mol. The Morgan fingerprint density at radius 3 is 3.04 bits per heavy atom. The summed E-state index contributed by atoms with van der Waals surface area (Å²) >= 11 is 1.54. The van der Waals surface area contributed by atoms with Crippen LogP contribution in [0.1, 0.15) is 18.7 Å². The summed E-state index contributed by atoms with van der Waals surface area (Å²) in [6.45, 7) is 1.50. The maximum absolute atomic E-state index is 12.6. The van der Waals surface area contributed by atoms with Crippen LogP contribution in [0.3, 0.4) is 0 Å². The minimum absolute atomic E-state index is 0.0877. The van der Waals surface area contributed by atoms with Gasteiger partial charge in [0.25, 0.3) is 0 Å². The lowest BCUT2D eigenvalue weighted by Crippen LogP contribution is -2.45. The number of carboxylic acid groups (broad SMARTS) is 1. The summed E-state index contributed by atoms with van der Waals surface area (Å²) in [5.41, 5.74) is -0.00284. The van der Waals surface area contributed by atoms with Gasteiger partial charge in [0.05, 0.1) is 12.0 Å². The predicted molar refractivity (Wildman–Crippen MR) is 91.5 cm³/mol. The van der Waals surface area contributed by atoms with E-state index in [9.17, 15) is 14.7 Å². The highest BCUT2D eigenvalue weighted by Crippen LogP contribution is 2.42. The van der Waals surface area contributed by atoms with Crippen molar-refractivity contribution in [1.82, 2.24) is 15.1 Å². The van der Waals surface area contributed by atoms with E-state index in [0.29, 0.717) is 44.4 Å². The van der Waals surface area contributed by atoms with E-state index in [4.69, 9.17) is 9.15 Å². The van der Waals surface area contributed by atoms with Gasteiger partial charge in [0, 0.05) is 49.4 Å². The van der Waals surface area contributed by atoms with Crippen LogP contribution in [0.25, 0.3) is 11.5 Å². The van der Waals surface area contributed by atoms with E-state index < -0.39 is 11.4 Å². The quantitative estimate of drug-likeness (QED) is 0.845. The number of hydrogen-bond donors (Lipinski definition) is 1. The number of likely N-dealkylation sites (tertiary alicyclic amines) is 1. The summed E-state index contributed by atoms with van der Waals surface area (Å²) in [5.74, 6) is -0.213. The first kappa shape index (κ1) is 17.2. The fourth-order valence-corrected chi connectivity index (χ4v) is 4.35. The number of ether oxygens (including phenoxy) is 1. The highest BCUT2D eigenvalue weighted by atomic mass is 32.1. The Morgan fingerprint density at radius 2 is 2.31 bits per heavy atom. The number of thiophene rings is 1. The minimum Gasteiger partial charge on any atom is -0.481 e. The molecule has 2 aliphatic rings. The number of aromatic nitrogens is 2. The molecule has 0 bridgehead atoms. The van der Waals surface area contributed by atoms with Gasteiger partial charge in [-0.15, -0.1) is 10.2 Å². The van der Waals surface area contributed by atoms with Gasteiger partial charge in [0.15, 0.2) is 0 Å². The van der Waals surface area contributed by atoms with Crippen LogP contribution in [0.15, 0.2) is 21.2 Å². The van der Waals surface area contributed by atoms with Crippen molar-refractivity contribution in [2.45, 2.75) is 19.3 Å². The molecular formula is C17H19N3O5S. The molecule has 1 amide bonds. The molecular weight excluding hydrogens is 358 g/mol. The van der Waals surface area contributed by atoms with Gasteiger partial charge in [-0.05, 0) is 17.9 Å². The molecule has 2 aliphatic heterocycles. The maximum Gasteiger partial charge on any atom is 0.311 e. The second kappa shape index (κ2) is 6.81. The van der Waals surface area contributed by atoms with Gasteiger partial charge in [-0.2, -0.15) is 11.3 Å². The fourth-order valence-electron chi connectivity index (χ4n) is 3.72. The van der Waals surface area contributed by atoms with E-state index in [0.717, 1.165) is 5.56 Å². The second-order valence-corrected chi connectivity index (χ2v) is 7.55. The molecule has 2 fully saturated rings. The topological polar surface area (TPSA) is 106 Å². The number of rotatable bonds is 5. The third-order valence-electron chi connectivity index (χ3n) is 5.27. The Hall–Kier alpha value is -2.26. The molecule has 8 nitrogen and oxygen atoms in total. The molecule has 2 aromatic rings. The molecule has 9 heteroatoms. The van der Waals surface area contributed by atoms with Crippen molar-refractivity contribution in [2.75, 3.05) is 26.3 Å². The van der Waals surface area contributed by atoms with Crippen molar-refractivity contribution in [2.24, 2.45) is 11.3 Å². The van der Waals surface area contributed by atoms with Crippen molar-refractivity contribution in [3.05, 3.63) is 22.7 Å². The fraction of sp³-hybridized carbons (Fsp3) is 0.529. The number of carboxylic acids is 1. The van der Waals surface area contributed by atoms with E-state index >= 15 is 0 Å². The van der Waals surface area contributed by atoms with E-state index in [1.165, 1.54) is 0 Å². The first-order valence-corrected chi connectivity index (χ1v) is 9.47. The van der Waals surface area contributed by atoms with Crippen molar-refractivity contribution < 1.29 is 23.8 Å². The van der Waals surface area contributed by atoms with Gasteiger partial charge >= 0.3 is 5.97 Å². The largest absolute Gasteiger partial charge is 0.481 e. The number of hydrogen-bond acceptors (Lipinski definition) is 7. The van der Waals surface area contributed by atoms with E-state index in [-0.39, 0.29) is 24.8 Å². The first-order chi connectivity index (χ1) is 12.6. The molecule has 2 saturated heterocycles. The number of amides is 1. The molecule has 0 aromatic carbocycles. The number of nitrogens with zero attached hydrogens (tertiary/aromatic N) is 3. The Balaban J connectivity index is 1.38. The van der Waals surface area contributed by atoms with E-state index in [1.54, 1.807) is 16.2 Å². The Bertz CT molecular complexity index is 805. The lowest BCUT2D eigenvalue weighted by Gasteiger charge is -2.33. The summed E-state index contributed by atoms with van der Waals surface area (Å²) in [5, 5.41) is 21.5. The van der Waals surface area contributed by atoms with Crippen LogP contribution >= 0.6 is 11.3 Å². The number of carbonyl (C=O) groups excluding carboxylic acids is 1. The normalized spacial score (nSPS) is 25.2. The highest BCUT2D eigenvalue weighted by molar-refractivity contribution is 7.08. The number of aryl methyl sites for hydroxylation is 1. The summed E-state index contributed by atoms with van der Waals surface area (Å²) in [6.07, 6.45) is 1.01. The molecule has 1 N–H and O–H groups in total. The summed E-state index contributed by atoms with van der Waals surface area (Å²) in [6, 6.07) is 1.90. The van der Waals surface area contributed by atoms with Crippen LogP contribution in [-0.4, -0.2) is 58.4 Å². The van der Waals surface area contributed by atoms with Crippen LogP contribution < -0.4 is 0 Å². The van der Waals surface area contributed by atoms with Crippen LogP contribution in [0.5, 0.6) is 0 Å². The number of fused-ring (bicyclic) bond motifs is 1. The SMILES string of the molecule is O=C(CCc1nnc(-c2ccsc2)o1)N1C[C@H]2COCC[C@@]2(C(=O)O)C1. The second-order valence-electron chi connectivity index (χ2n) is 6.77. The zero-order chi connectivity index (χ0) is 18.1. The van der Waals surface area contributed by atoms with Crippen LogP contribution in [-0.2, 0) is 20.7 Å². The molecule has 0 spiro atoms. The molecule has 4 rings (SSSR count). The summed E-state index contributed by atoms with van der Waals surface area (Å²) in [4.78, 5) is 26.0. The van der Waals surface area contributed by atoms with Crippen LogP contribution in [0.4, 0.5) is 0 Å². The van der Waals surface area contributed by atoms with Gasteiger partial charge in [-0.1, -0.05) is 0 Å². The molecule has 0 radical (unpaired) electrons. The highest BCUT2D eigenvalue weighted by Gasteiger charge is 2.54. The first-order valence-electron chi connectivity index (χ1n) is 8.52. The maximum atomic E-state index is 12.6. The standard InChI is InChI=1S/C17H19N3O5S/c21-14(2-1-13-18-19-15(25-13)11-3-6-26-9-11)20-7-12-8-24-5-4-17(12,10-20)16(22)23/h3,6,9,12H,1-2,4-5,7-8,10H2,(H,22,23)/t12-,17+/m0/s1. The summed E-state index contributed by atoms with van der Waals surface area (Å²) in [7, 11) is 0. The van der Waals surface area contributed by atoms with E-state index in [2.05, 4.69) is 10.2 Å². The van der Waals surface area contributed by atoms with Gasteiger partial charge in [-0.25, -0.2) is 0 Å². The average Bonchev–Trinajstić information content (AvgIpc) is 3.38. The zero-order valence-electron chi connectivity index (χ0n) is 14.1. The van der Waals surface area contributed by atoms with Crippen molar-refractivity contribution in [1.29, 1.82) is 0 Å². The molecule has 138 valence electrons. The van der Waals surface area contributed by atoms with Gasteiger partial charge in [0.2, 0.25) is 17.7 Å². The molecule has 0 saturated carbocycles. The van der Waals surface area contributed by atoms with Gasteiger partial charge < -0.3 is 19.2 Å². The van der Waals surface area contributed by atoms with Crippen molar-refractivity contribution in [3.8, 4) is 11.5 Å². The number of carbonyl (C=O) groups is 2. The minimum atomic E-state index is -0.871. The molecule has 26 heavy (non-hydrogen) atoms. The molecule has 4 heterocycles. The summed E-state index contributed by atoms with van der Waals surface area (Å²) < 4.78 is 11.0. The smallest absolute Gasteiger partial charge is 0.311 e. The van der Waals surface area contributed by atoms with Gasteiger partial charge in [0.1, 0.15) is 0 Å². The third kappa shape index (κ3) is 3.01. The third-order valence-corrected chi connectivity index (χ3v) is 5.96. The Labute approximate surface area is 153 Å². The van der Waals surface area contributed by atoms with Crippen molar-refractivity contribution in [3.63, 3.8) is 0 Å². The molecule has 0 aliphatic carbocycles. The van der Waals surface area contributed by atoms with E-state index in [1.807, 2.05) is 16.8 Å². The van der Waals surface area contributed by atoms with Gasteiger partial charge in [-0.3, -0.25) is 9.59 Å². The lowest BCUT2D eigenvalue weighted by molar-refractivity contribution is -0.157. The Morgan fingerprint density at radius 1 is 1.42 bits per heavy atom. The Kier molecular flexibility index (Phi) is 4.49. The molecule has 0 unspecified atom stereocenters. The number of aliphatic carboxylic acids is 1. The lowest BCUT2D eigenvalue weighted by atomic mass is 9.74. The van der Waals surface area contributed by atoms with Crippen LogP contribution in [0, 0.1) is 11.3 Å². The predicted octanol–water partition coefficient (Wildman–Crippen LogP) is 1.68. The van der Waals surface area contributed by atoms with Crippen LogP contribution in [0.2, 0.25) is 0 Å².